The molecule has 0 fully saturated rings. The largest absolute Gasteiger partial charge is 0.409 e. The minimum atomic E-state index is -5.78. The highest BCUT2D eigenvalue weighted by Gasteiger charge is 2.61. The van der Waals surface area contributed by atoms with Crippen LogP contribution in [0.3, 0.4) is 0 Å². The Labute approximate surface area is 122 Å². The van der Waals surface area contributed by atoms with Crippen molar-refractivity contribution in [2.45, 2.75) is 19.3 Å². The zero-order valence-corrected chi connectivity index (χ0v) is 11.8. The third kappa shape index (κ3) is 4.32. The van der Waals surface area contributed by atoms with Crippen molar-refractivity contribution >= 4 is 27.5 Å². The fraction of sp³-hybridized carbons (Fsp3) is 0.364. The molecule has 0 spiro atoms. The summed E-state index contributed by atoms with van der Waals surface area (Å²) in [5.74, 6) is -7.21. The van der Waals surface area contributed by atoms with E-state index in [4.69, 9.17) is 0 Å². The van der Waals surface area contributed by atoms with E-state index in [0.29, 0.717) is 0 Å². The lowest BCUT2D eigenvalue weighted by Crippen LogP contribution is -2.45. The van der Waals surface area contributed by atoms with Crippen LogP contribution in [0.1, 0.15) is 5.56 Å². The van der Waals surface area contributed by atoms with Gasteiger partial charge in [0.1, 0.15) is 5.82 Å². The van der Waals surface area contributed by atoms with Crippen LogP contribution in [-0.4, -0.2) is 18.3 Å². The second-order valence-electron chi connectivity index (χ2n) is 4.09. The van der Waals surface area contributed by atoms with E-state index in [1.54, 1.807) is 0 Å². The molecule has 1 aromatic carbocycles. The average molecular weight is 382 g/mol. The minimum absolute atomic E-state index is 0.0212. The summed E-state index contributed by atoms with van der Waals surface area (Å²) in [4.78, 5) is 11.3. The Morgan fingerprint density at radius 3 is 2.05 bits per heavy atom. The number of carbonyl (C=O) groups is 1. The van der Waals surface area contributed by atoms with Crippen molar-refractivity contribution in [3.05, 3.63) is 28.0 Å². The second-order valence-corrected chi connectivity index (χ2v) is 4.94. The Balaban J connectivity index is 3.12. The summed E-state index contributed by atoms with van der Waals surface area (Å²) in [7, 11) is 0. The van der Waals surface area contributed by atoms with Crippen molar-refractivity contribution in [2.75, 3.05) is 5.32 Å². The normalized spacial score (nSPS) is 12.7. The Morgan fingerprint density at radius 1 is 1.14 bits per heavy atom. The first-order chi connectivity index (χ1) is 9.34. The molecule has 0 radical (unpaired) electrons. The zero-order valence-electron chi connectivity index (χ0n) is 10.2. The van der Waals surface area contributed by atoms with Gasteiger partial charge in [-0.2, -0.15) is 26.3 Å². The fourth-order valence-corrected chi connectivity index (χ4v) is 1.81. The molecule has 0 aliphatic heterocycles. The first-order valence-electron chi connectivity index (χ1n) is 5.24. The van der Waals surface area contributed by atoms with Crippen LogP contribution in [-0.2, 0) is 4.79 Å². The molecule has 0 aliphatic rings. The molecule has 0 heterocycles. The van der Waals surface area contributed by atoms with E-state index in [-0.39, 0.29) is 15.7 Å². The lowest BCUT2D eigenvalue weighted by Gasteiger charge is -2.22. The van der Waals surface area contributed by atoms with Gasteiger partial charge in [0.25, 0.3) is 0 Å². The van der Waals surface area contributed by atoms with Crippen LogP contribution >= 0.6 is 15.9 Å². The number of anilines is 1. The third-order valence-corrected chi connectivity index (χ3v) is 3.05. The molecule has 0 aliphatic carbocycles. The third-order valence-electron chi connectivity index (χ3n) is 2.44. The van der Waals surface area contributed by atoms with Crippen LogP contribution in [0.2, 0.25) is 0 Å². The summed E-state index contributed by atoms with van der Waals surface area (Å²) in [5, 5.41) is 1.52. The number of amides is 1. The highest BCUT2D eigenvalue weighted by atomic mass is 79.9. The summed E-state index contributed by atoms with van der Waals surface area (Å²) in [6.07, 6.45) is -11.6. The molecule has 2 nitrogen and oxygen atoms in total. The molecule has 21 heavy (non-hydrogen) atoms. The maximum atomic E-state index is 13.1. The highest BCUT2D eigenvalue weighted by molar-refractivity contribution is 9.10. The van der Waals surface area contributed by atoms with Gasteiger partial charge in [-0.05, 0) is 40.5 Å². The Kier molecular flexibility index (Phi) is 4.91. The molecule has 1 aromatic rings. The van der Waals surface area contributed by atoms with E-state index in [9.17, 15) is 35.5 Å². The number of nitrogens with one attached hydrogen (secondary N) is 1. The first-order valence-corrected chi connectivity index (χ1v) is 6.03. The SMILES string of the molecule is Cc1cc(F)c(Br)cc1NC(=O)C(C(F)(F)F)C(F)(F)F. The van der Waals surface area contributed by atoms with Crippen molar-refractivity contribution in [1.29, 1.82) is 0 Å². The van der Waals surface area contributed by atoms with E-state index in [1.807, 2.05) is 0 Å². The predicted molar refractivity (Wildman–Crippen MR) is 63.1 cm³/mol. The summed E-state index contributed by atoms with van der Waals surface area (Å²) in [6.45, 7) is 1.22. The number of hydrogen-bond acceptors (Lipinski definition) is 1. The van der Waals surface area contributed by atoms with Gasteiger partial charge in [0.15, 0.2) is 0 Å². The molecule has 1 amide bonds. The molecule has 0 unspecified atom stereocenters. The van der Waals surface area contributed by atoms with Crippen molar-refractivity contribution in [3.63, 3.8) is 0 Å². The molecule has 118 valence electrons. The molecule has 1 rings (SSSR count). The maximum Gasteiger partial charge on any atom is 0.409 e. The summed E-state index contributed by atoms with van der Waals surface area (Å²) >= 11 is 2.72. The molecule has 0 saturated carbocycles. The molecule has 0 atom stereocenters. The number of alkyl halides is 6. The standard InChI is InChI=1S/C11H7BrF7NO/c1-4-2-6(13)5(12)3-7(4)20-9(21)8(10(14,15)16)11(17,18)19/h2-3,8H,1H3,(H,20,21). The van der Waals surface area contributed by atoms with Crippen molar-refractivity contribution in [3.8, 4) is 0 Å². The van der Waals surface area contributed by atoms with Crippen molar-refractivity contribution < 1.29 is 35.5 Å². The molecule has 0 bridgehead atoms. The Hall–Kier alpha value is -1.32. The van der Waals surface area contributed by atoms with Gasteiger partial charge < -0.3 is 5.32 Å². The van der Waals surface area contributed by atoms with E-state index >= 15 is 0 Å². The predicted octanol–water partition coefficient (Wildman–Crippen LogP) is 4.58. The number of rotatable bonds is 2. The zero-order chi connectivity index (χ0) is 16.6. The first kappa shape index (κ1) is 17.7. The van der Waals surface area contributed by atoms with Crippen molar-refractivity contribution in [1.82, 2.24) is 0 Å². The van der Waals surface area contributed by atoms with Crippen LogP contribution < -0.4 is 5.32 Å². The van der Waals surface area contributed by atoms with E-state index in [2.05, 4.69) is 15.9 Å². The summed E-state index contributed by atoms with van der Waals surface area (Å²) < 4.78 is 87.1. The van der Waals surface area contributed by atoms with E-state index < -0.39 is 30.0 Å². The molecule has 0 saturated heterocycles. The van der Waals surface area contributed by atoms with Gasteiger partial charge >= 0.3 is 12.4 Å². The minimum Gasteiger partial charge on any atom is -0.325 e. The molecule has 0 aromatic heterocycles. The average Bonchev–Trinajstić information content (AvgIpc) is 2.21. The fourth-order valence-electron chi connectivity index (χ4n) is 1.47. The number of carbonyl (C=O) groups excluding carboxylic acids is 1. The number of aryl methyl sites for hydroxylation is 1. The quantitative estimate of drug-likeness (QED) is 0.746. The van der Waals surface area contributed by atoms with E-state index in [0.717, 1.165) is 12.1 Å². The van der Waals surface area contributed by atoms with Gasteiger partial charge in [0, 0.05) is 5.69 Å². The van der Waals surface area contributed by atoms with Gasteiger partial charge in [-0.3, -0.25) is 4.79 Å². The van der Waals surface area contributed by atoms with Gasteiger partial charge in [0.05, 0.1) is 4.47 Å². The number of benzene rings is 1. The van der Waals surface area contributed by atoms with Gasteiger partial charge in [-0.25, -0.2) is 4.39 Å². The lowest BCUT2D eigenvalue weighted by molar-refractivity contribution is -0.272. The van der Waals surface area contributed by atoms with Crippen molar-refractivity contribution in [2.24, 2.45) is 5.92 Å². The topological polar surface area (TPSA) is 29.1 Å². The lowest BCUT2D eigenvalue weighted by atomic mass is 10.1. The maximum absolute atomic E-state index is 13.1. The molecular formula is C11H7BrF7NO. The summed E-state index contributed by atoms with van der Waals surface area (Å²) in [6, 6.07) is 1.74. The van der Waals surface area contributed by atoms with Gasteiger partial charge in [-0.15, -0.1) is 0 Å². The monoisotopic (exact) mass is 381 g/mol. The highest BCUT2D eigenvalue weighted by Crippen LogP contribution is 2.40. The van der Waals surface area contributed by atoms with Crippen LogP contribution in [0.4, 0.5) is 36.4 Å². The van der Waals surface area contributed by atoms with Crippen LogP contribution in [0.5, 0.6) is 0 Å². The Morgan fingerprint density at radius 2 is 1.62 bits per heavy atom. The van der Waals surface area contributed by atoms with Crippen LogP contribution in [0, 0.1) is 18.7 Å². The molecule has 1 N–H and O–H groups in total. The molecule has 10 heteroatoms. The van der Waals surface area contributed by atoms with Gasteiger partial charge in [0.2, 0.25) is 11.8 Å². The summed E-state index contributed by atoms with van der Waals surface area (Å²) in [5.41, 5.74) is -0.376. The van der Waals surface area contributed by atoms with Crippen LogP contribution in [0.15, 0.2) is 16.6 Å². The Bertz CT molecular complexity index is 539. The van der Waals surface area contributed by atoms with E-state index in [1.165, 1.54) is 12.2 Å². The van der Waals surface area contributed by atoms with Gasteiger partial charge in [-0.1, -0.05) is 0 Å². The molecular weight excluding hydrogens is 375 g/mol. The smallest absolute Gasteiger partial charge is 0.325 e. The number of hydrogen-bond donors (Lipinski definition) is 1. The number of halogens is 8. The van der Waals surface area contributed by atoms with Crippen LogP contribution in [0.25, 0.3) is 0 Å². The second kappa shape index (κ2) is 5.82.